The highest BCUT2D eigenvalue weighted by Gasteiger charge is 2.22. The molecule has 0 spiro atoms. The Morgan fingerprint density at radius 3 is 2.89 bits per heavy atom. The van der Waals surface area contributed by atoms with Crippen LogP contribution in [0.1, 0.15) is 32.1 Å². The summed E-state index contributed by atoms with van der Waals surface area (Å²) in [4.78, 5) is 2.42. The molecule has 0 aromatic heterocycles. The SMILES string of the molecule is CN1CCCCC1CNCC(O)COCC1CC1. The zero-order chi connectivity index (χ0) is 12.8. The van der Waals surface area contributed by atoms with E-state index in [4.69, 9.17) is 4.74 Å². The maximum absolute atomic E-state index is 9.78. The molecule has 1 saturated carbocycles. The van der Waals surface area contributed by atoms with E-state index < -0.39 is 0 Å². The number of hydrogen-bond donors (Lipinski definition) is 2. The molecule has 0 bridgehead atoms. The average molecular weight is 256 g/mol. The molecule has 2 aliphatic rings. The van der Waals surface area contributed by atoms with Gasteiger partial charge >= 0.3 is 0 Å². The van der Waals surface area contributed by atoms with Crippen LogP contribution in [0.5, 0.6) is 0 Å². The van der Waals surface area contributed by atoms with Gasteiger partial charge in [0.25, 0.3) is 0 Å². The van der Waals surface area contributed by atoms with Gasteiger partial charge in [0.05, 0.1) is 12.7 Å². The number of aliphatic hydroxyl groups is 1. The molecule has 0 aromatic rings. The Morgan fingerprint density at radius 1 is 1.33 bits per heavy atom. The van der Waals surface area contributed by atoms with E-state index in [1.807, 2.05) is 0 Å². The fourth-order valence-corrected chi connectivity index (χ4v) is 2.53. The second-order valence-electron chi connectivity index (χ2n) is 5.92. The van der Waals surface area contributed by atoms with Gasteiger partial charge in [0.1, 0.15) is 0 Å². The third-order valence-electron chi connectivity index (χ3n) is 4.04. The molecule has 18 heavy (non-hydrogen) atoms. The molecule has 4 nitrogen and oxygen atoms in total. The van der Waals surface area contributed by atoms with Crippen LogP contribution in [0.15, 0.2) is 0 Å². The predicted octanol–water partition coefficient (Wildman–Crippen LogP) is 0.848. The number of rotatable bonds is 8. The zero-order valence-corrected chi connectivity index (χ0v) is 11.6. The van der Waals surface area contributed by atoms with Gasteiger partial charge in [-0.25, -0.2) is 0 Å². The van der Waals surface area contributed by atoms with Gasteiger partial charge in [0, 0.05) is 25.7 Å². The molecular weight excluding hydrogens is 228 g/mol. The first-order valence-electron chi connectivity index (χ1n) is 7.42. The first-order valence-corrected chi connectivity index (χ1v) is 7.42. The minimum atomic E-state index is -0.363. The Kier molecular flexibility index (Phi) is 5.89. The third kappa shape index (κ3) is 5.22. The second kappa shape index (κ2) is 7.43. The van der Waals surface area contributed by atoms with E-state index >= 15 is 0 Å². The molecule has 2 unspecified atom stereocenters. The Hall–Kier alpha value is -0.160. The van der Waals surface area contributed by atoms with E-state index in [9.17, 15) is 5.11 Å². The molecule has 2 fully saturated rings. The van der Waals surface area contributed by atoms with Crippen molar-refractivity contribution in [2.24, 2.45) is 5.92 Å². The number of piperidine rings is 1. The van der Waals surface area contributed by atoms with Crippen LogP contribution in [-0.4, -0.2) is 62.0 Å². The van der Waals surface area contributed by atoms with Gasteiger partial charge in [-0.2, -0.15) is 0 Å². The Balaban J connectivity index is 1.47. The minimum absolute atomic E-state index is 0.363. The van der Waals surface area contributed by atoms with Crippen molar-refractivity contribution in [3.63, 3.8) is 0 Å². The van der Waals surface area contributed by atoms with Crippen molar-refractivity contribution in [3.05, 3.63) is 0 Å². The summed E-state index contributed by atoms with van der Waals surface area (Å²) in [6.45, 7) is 4.15. The number of aliphatic hydroxyl groups excluding tert-OH is 1. The maximum Gasteiger partial charge on any atom is 0.0897 e. The molecule has 0 aromatic carbocycles. The van der Waals surface area contributed by atoms with Crippen molar-refractivity contribution in [1.82, 2.24) is 10.2 Å². The topological polar surface area (TPSA) is 44.7 Å². The quantitative estimate of drug-likeness (QED) is 0.676. The second-order valence-corrected chi connectivity index (χ2v) is 5.92. The van der Waals surface area contributed by atoms with E-state index in [0.717, 1.165) is 19.1 Å². The van der Waals surface area contributed by atoms with Crippen LogP contribution in [-0.2, 0) is 4.74 Å². The van der Waals surface area contributed by atoms with Gasteiger partial charge in [-0.05, 0) is 45.2 Å². The van der Waals surface area contributed by atoms with E-state index in [-0.39, 0.29) is 6.10 Å². The molecule has 1 aliphatic carbocycles. The van der Waals surface area contributed by atoms with Gasteiger partial charge in [-0.3, -0.25) is 0 Å². The standard InChI is InChI=1S/C14H28N2O2/c1-16-7-3-2-4-13(16)8-15-9-14(17)11-18-10-12-5-6-12/h12-15,17H,2-11H2,1H3. The Morgan fingerprint density at radius 2 is 2.17 bits per heavy atom. The van der Waals surface area contributed by atoms with Crippen LogP contribution in [0.3, 0.4) is 0 Å². The van der Waals surface area contributed by atoms with Crippen LogP contribution in [0.4, 0.5) is 0 Å². The normalized spacial score (nSPS) is 27.3. The highest BCUT2D eigenvalue weighted by Crippen LogP contribution is 2.28. The summed E-state index contributed by atoms with van der Waals surface area (Å²) in [5.74, 6) is 0.779. The third-order valence-corrected chi connectivity index (χ3v) is 4.04. The van der Waals surface area contributed by atoms with Crippen LogP contribution < -0.4 is 5.32 Å². The van der Waals surface area contributed by atoms with Crippen LogP contribution >= 0.6 is 0 Å². The molecule has 0 amide bonds. The molecule has 106 valence electrons. The molecule has 2 rings (SSSR count). The number of hydrogen-bond acceptors (Lipinski definition) is 4. The lowest BCUT2D eigenvalue weighted by atomic mass is 10.0. The molecule has 0 radical (unpaired) electrons. The van der Waals surface area contributed by atoms with Gasteiger partial charge in [-0.1, -0.05) is 6.42 Å². The summed E-state index contributed by atoms with van der Waals surface area (Å²) >= 11 is 0. The summed E-state index contributed by atoms with van der Waals surface area (Å²) in [5, 5.41) is 13.1. The lowest BCUT2D eigenvalue weighted by Crippen LogP contribution is -2.45. The van der Waals surface area contributed by atoms with Gasteiger partial charge < -0.3 is 20.1 Å². The summed E-state index contributed by atoms with van der Waals surface area (Å²) in [7, 11) is 2.20. The average Bonchev–Trinajstić information content (AvgIpc) is 3.16. The van der Waals surface area contributed by atoms with E-state index in [0.29, 0.717) is 19.2 Å². The molecule has 2 atom stereocenters. The highest BCUT2D eigenvalue weighted by molar-refractivity contribution is 4.77. The molecule has 4 heteroatoms. The fraction of sp³-hybridized carbons (Fsp3) is 1.00. The van der Waals surface area contributed by atoms with E-state index in [1.165, 1.54) is 38.6 Å². The van der Waals surface area contributed by atoms with Crippen molar-refractivity contribution in [3.8, 4) is 0 Å². The lowest BCUT2D eigenvalue weighted by Gasteiger charge is -2.32. The van der Waals surface area contributed by atoms with Crippen molar-refractivity contribution in [2.45, 2.75) is 44.2 Å². The highest BCUT2D eigenvalue weighted by atomic mass is 16.5. The van der Waals surface area contributed by atoms with Crippen LogP contribution in [0.2, 0.25) is 0 Å². The first-order chi connectivity index (χ1) is 8.75. The van der Waals surface area contributed by atoms with Crippen molar-refractivity contribution < 1.29 is 9.84 Å². The number of likely N-dealkylation sites (tertiary alicyclic amines) is 1. The smallest absolute Gasteiger partial charge is 0.0897 e. The minimum Gasteiger partial charge on any atom is -0.389 e. The monoisotopic (exact) mass is 256 g/mol. The predicted molar refractivity (Wildman–Crippen MR) is 72.7 cm³/mol. The molecule has 1 saturated heterocycles. The summed E-state index contributed by atoms with van der Waals surface area (Å²) < 4.78 is 5.48. The number of likely N-dealkylation sites (N-methyl/N-ethyl adjacent to an activating group) is 1. The van der Waals surface area contributed by atoms with E-state index in [1.54, 1.807) is 0 Å². The fourth-order valence-electron chi connectivity index (χ4n) is 2.53. The van der Waals surface area contributed by atoms with Gasteiger partial charge in [0.15, 0.2) is 0 Å². The van der Waals surface area contributed by atoms with Crippen molar-refractivity contribution in [1.29, 1.82) is 0 Å². The van der Waals surface area contributed by atoms with E-state index in [2.05, 4.69) is 17.3 Å². The summed E-state index contributed by atoms with van der Waals surface area (Å²) in [5.41, 5.74) is 0. The van der Waals surface area contributed by atoms with Gasteiger partial charge in [-0.15, -0.1) is 0 Å². The molecule has 1 heterocycles. The molecule has 2 N–H and O–H groups in total. The largest absolute Gasteiger partial charge is 0.389 e. The molecule has 1 aliphatic heterocycles. The van der Waals surface area contributed by atoms with Gasteiger partial charge in [0.2, 0.25) is 0 Å². The van der Waals surface area contributed by atoms with Crippen molar-refractivity contribution in [2.75, 3.05) is 39.9 Å². The first kappa shape index (κ1) is 14.3. The molecular formula is C14H28N2O2. The Labute approximate surface area is 111 Å². The van der Waals surface area contributed by atoms with Crippen molar-refractivity contribution >= 4 is 0 Å². The van der Waals surface area contributed by atoms with Crippen LogP contribution in [0.25, 0.3) is 0 Å². The maximum atomic E-state index is 9.78. The zero-order valence-electron chi connectivity index (χ0n) is 11.6. The number of nitrogens with zero attached hydrogens (tertiary/aromatic N) is 1. The number of nitrogens with one attached hydrogen (secondary N) is 1. The number of ether oxygens (including phenoxy) is 1. The Bertz CT molecular complexity index is 234. The summed E-state index contributed by atoms with van der Waals surface area (Å²) in [6.07, 6.45) is 6.19. The lowest BCUT2D eigenvalue weighted by molar-refractivity contribution is 0.0314. The summed E-state index contributed by atoms with van der Waals surface area (Å²) in [6, 6.07) is 0.637. The van der Waals surface area contributed by atoms with Crippen LogP contribution in [0, 0.1) is 5.92 Å².